The highest BCUT2D eigenvalue weighted by Crippen LogP contribution is 2.29. The molecular weight excluding hydrogens is 396 g/mol. The predicted octanol–water partition coefficient (Wildman–Crippen LogP) is 3.76. The van der Waals surface area contributed by atoms with Crippen LogP contribution in [0.2, 0.25) is 0 Å². The number of methoxy groups -OCH3 is 1. The van der Waals surface area contributed by atoms with Gasteiger partial charge in [0.15, 0.2) is 5.11 Å². The Bertz CT molecular complexity index is 861. The first-order chi connectivity index (χ1) is 14.4. The zero-order valence-electron chi connectivity index (χ0n) is 17.6. The number of hydrogen-bond acceptors (Lipinski definition) is 4. The number of hydrogen-bond donors (Lipinski definition) is 1. The number of carboxylic acid groups (broad SMARTS) is 1. The summed E-state index contributed by atoms with van der Waals surface area (Å²) in [5.41, 5.74) is 3.29. The molecule has 2 aromatic rings. The van der Waals surface area contributed by atoms with Crippen molar-refractivity contribution in [1.82, 2.24) is 4.90 Å². The third-order valence-corrected chi connectivity index (χ3v) is 6.11. The summed E-state index contributed by atoms with van der Waals surface area (Å²) >= 11 is 5.77. The summed E-state index contributed by atoms with van der Waals surface area (Å²) in [6.45, 7) is 3.53. The van der Waals surface area contributed by atoms with Gasteiger partial charge in [0.2, 0.25) is 0 Å². The van der Waals surface area contributed by atoms with Gasteiger partial charge < -0.3 is 24.9 Å². The lowest BCUT2D eigenvalue weighted by Crippen LogP contribution is -2.40. The van der Waals surface area contributed by atoms with E-state index in [0.29, 0.717) is 30.4 Å². The number of aryl methyl sites for hydroxylation is 1. The fourth-order valence-corrected chi connectivity index (χ4v) is 4.25. The highest BCUT2D eigenvalue weighted by molar-refractivity contribution is 7.80. The lowest BCUT2D eigenvalue weighted by Gasteiger charge is -2.34. The molecule has 0 atom stereocenters. The molecule has 0 spiro atoms. The van der Waals surface area contributed by atoms with Crippen molar-refractivity contribution in [2.45, 2.75) is 39.2 Å². The number of nitrogens with zero attached hydrogens (tertiary/aromatic N) is 1. The molecule has 1 aliphatic carbocycles. The number of carbonyl (C=O) groups is 1. The molecule has 0 radical (unpaired) electrons. The monoisotopic (exact) mass is 425 g/mol. The Hall–Kier alpha value is -2.60. The van der Waals surface area contributed by atoms with Gasteiger partial charge in [-0.15, -0.1) is 0 Å². The number of carbonyl (C=O) groups excluding carboxylic acids is 1. The van der Waals surface area contributed by atoms with Gasteiger partial charge in [0.05, 0.1) is 7.11 Å². The van der Waals surface area contributed by atoms with Crippen molar-refractivity contribution in [3.05, 3.63) is 59.7 Å². The minimum atomic E-state index is -0.917. The van der Waals surface area contributed by atoms with Crippen molar-refractivity contribution >= 4 is 29.0 Å². The molecule has 5 nitrogen and oxygen atoms in total. The lowest BCUT2D eigenvalue weighted by atomic mass is 9.82. The molecule has 30 heavy (non-hydrogen) atoms. The fourth-order valence-electron chi connectivity index (χ4n) is 3.99. The van der Waals surface area contributed by atoms with E-state index in [2.05, 4.69) is 29.3 Å². The van der Waals surface area contributed by atoms with Gasteiger partial charge in [-0.3, -0.25) is 0 Å². The maximum Gasteiger partial charge on any atom is 0.173 e. The van der Waals surface area contributed by atoms with Crippen LogP contribution in [0.4, 0.5) is 5.69 Å². The van der Waals surface area contributed by atoms with Crippen LogP contribution in [0.5, 0.6) is 5.75 Å². The lowest BCUT2D eigenvalue weighted by molar-refractivity contribution is -0.312. The van der Waals surface area contributed by atoms with Crippen LogP contribution in [0.25, 0.3) is 0 Å². The average Bonchev–Trinajstić information content (AvgIpc) is 2.74. The van der Waals surface area contributed by atoms with E-state index < -0.39 is 5.97 Å². The largest absolute Gasteiger partial charge is 0.550 e. The van der Waals surface area contributed by atoms with Gasteiger partial charge in [-0.2, -0.15) is 0 Å². The fraction of sp³-hybridized carbons (Fsp3) is 0.417. The average molecular weight is 426 g/mol. The molecule has 1 N–H and O–H groups in total. The van der Waals surface area contributed by atoms with E-state index in [0.717, 1.165) is 36.4 Å². The van der Waals surface area contributed by atoms with Crippen molar-refractivity contribution in [1.29, 1.82) is 0 Å². The molecule has 1 aliphatic rings. The molecule has 1 saturated carbocycles. The highest BCUT2D eigenvalue weighted by atomic mass is 32.1. The van der Waals surface area contributed by atoms with E-state index in [1.54, 1.807) is 7.11 Å². The van der Waals surface area contributed by atoms with Crippen molar-refractivity contribution in [3.63, 3.8) is 0 Å². The Morgan fingerprint density at radius 2 is 1.87 bits per heavy atom. The number of rotatable bonds is 7. The molecule has 0 saturated heterocycles. The molecule has 0 amide bonds. The second-order valence-electron chi connectivity index (χ2n) is 8.06. The summed E-state index contributed by atoms with van der Waals surface area (Å²) in [6, 6.07) is 16.2. The summed E-state index contributed by atoms with van der Waals surface area (Å²) in [4.78, 5) is 13.3. The molecule has 3 rings (SSSR count). The molecule has 0 aliphatic heterocycles. The first-order valence-electron chi connectivity index (χ1n) is 10.4. The van der Waals surface area contributed by atoms with Crippen LogP contribution in [0.3, 0.4) is 0 Å². The summed E-state index contributed by atoms with van der Waals surface area (Å²) < 4.78 is 5.26. The van der Waals surface area contributed by atoms with Crippen LogP contribution in [-0.4, -0.2) is 29.6 Å². The zero-order valence-corrected chi connectivity index (χ0v) is 18.4. The molecular formula is C24H29N2O3S-. The Morgan fingerprint density at radius 3 is 2.47 bits per heavy atom. The normalized spacial score (nSPS) is 18.5. The van der Waals surface area contributed by atoms with Crippen LogP contribution in [0, 0.1) is 18.8 Å². The molecule has 1 fully saturated rings. The molecule has 0 bridgehead atoms. The number of benzene rings is 2. The van der Waals surface area contributed by atoms with Crippen LogP contribution in [-0.2, 0) is 11.3 Å². The second-order valence-corrected chi connectivity index (χ2v) is 8.45. The van der Waals surface area contributed by atoms with E-state index in [-0.39, 0.29) is 5.92 Å². The number of nitrogens with one attached hydrogen (secondary N) is 1. The van der Waals surface area contributed by atoms with Gasteiger partial charge in [-0.05, 0) is 92.1 Å². The standard InChI is InChI=1S/C24H30N2O3S/c1-17-4-3-5-21(14-17)25-24(30)26(16-19-8-12-22(29-2)13-9-19)15-18-6-10-20(11-7-18)23(27)28/h3-5,8-9,12-14,18,20H,6-7,10-11,15-16H2,1-2H3,(H,25,30)(H,27,28)/p-1. The first-order valence-corrected chi connectivity index (χ1v) is 10.8. The molecule has 6 heteroatoms. The number of thiocarbonyl (C=S) groups is 1. The van der Waals surface area contributed by atoms with Crippen molar-refractivity contribution < 1.29 is 14.6 Å². The van der Waals surface area contributed by atoms with Gasteiger partial charge in [-0.1, -0.05) is 24.3 Å². The summed E-state index contributed by atoms with van der Waals surface area (Å²) in [5.74, 6) is 0.0105. The van der Waals surface area contributed by atoms with Gasteiger partial charge in [0.25, 0.3) is 0 Å². The van der Waals surface area contributed by atoms with E-state index in [9.17, 15) is 9.90 Å². The minimum absolute atomic E-state index is 0.311. The van der Waals surface area contributed by atoms with Gasteiger partial charge in [0.1, 0.15) is 5.75 Å². The smallest absolute Gasteiger partial charge is 0.173 e. The Balaban J connectivity index is 1.70. The van der Waals surface area contributed by atoms with Crippen LogP contribution in [0.15, 0.2) is 48.5 Å². The predicted molar refractivity (Wildman–Crippen MR) is 121 cm³/mol. The Labute approximate surface area is 184 Å². The van der Waals surface area contributed by atoms with Gasteiger partial charge in [0, 0.05) is 24.7 Å². The Morgan fingerprint density at radius 1 is 1.17 bits per heavy atom. The van der Waals surface area contributed by atoms with E-state index in [1.807, 2.05) is 36.4 Å². The van der Waals surface area contributed by atoms with E-state index in [1.165, 1.54) is 5.56 Å². The highest BCUT2D eigenvalue weighted by Gasteiger charge is 2.24. The first kappa shape index (κ1) is 22.1. The molecule has 0 unspecified atom stereocenters. The van der Waals surface area contributed by atoms with Crippen LogP contribution >= 0.6 is 12.2 Å². The third kappa shape index (κ3) is 6.20. The summed E-state index contributed by atoms with van der Waals surface area (Å²) in [5, 5.41) is 15.2. The number of ether oxygens (including phenoxy) is 1. The van der Waals surface area contributed by atoms with Crippen LogP contribution < -0.4 is 15.2 Å². The van der Waals surface area contributed by atoms with E-state index in [4.69, 9.17) is 17.0 Å². The quantitative estimate of drug-likeness (QED) is 0.682. The number of aliphatic carboxylic acids is 1. The second kappa shape index (κ2) is 10.4. The third-order valence-electron chi connectivity index (χ3n) is 5.75. The molecule has 160 valence electrons. The van der Waals surface area contributed by atoms with Crippen molar-refractivity contribution in [2.75, 3.05) is 19.0 Å². The SMILES string of the molecule is COc1ccc(CN(CC2CCC(C(=O)[O-])CC2)C(=S)Nc2cccc(C)c2)cc1. The molecule has 0 aromatic heterocycles. The maximum absolute atomic E-state index is 11.2. The van der Waals surface area contributed by atoms with Crippen molar-refractivity contribution in [2.24, 2.45) is 11.8 Å². The minimum Gasteiger partial charge on any atom is -0.550 e. The molecule has 2 aromatic carbocycles. The molecule has 0 heterocycles. The summed E-state index contributed by atoms with van der Waals surface area (Å²) in [6.07, 6.45) is 3.12. The van der Waals surface area contributed by atoms with Gasteiger partial charge in [-0.25, -0.2) is 0 Å². The maximum atomic E-state index is 11.2. The van der Waals surface area contributed by atoms with Crippen LogP contribution in [0.1, 0.15) is 36.8 Å². The van der Waals surface area contributed by atoms with E-state index >= 15 is 0 Å². The van der Waals surface area contributed by atoms with Crippen molar-refractivity contribution in [3.8, 4) is 5.75 Å². The zero-order chi connectivity index (χ0) is 21.5. The Kier molecular flexibility index (Phi) is 7.69. The number of carboxylic acids is 1. The number of anilines is 1. The topological polar surface area (TPSA) is 64.6 Å². The summed E-state index contributed by atoms with van der Waals surface area (Å²) in [7, 11) is 1.66. The van der Waals surface area contributed by atoms with Gasteiger partial charge >= 0.3 is 0 Å².